The highest BCUT2D eigenvalue weighted by Gasteiger charge is 2.34. The first-order chi connectivity index (χ1) is 19.4. The van der Waals surface area contributed by atoms with Gasteiger partial charge in [0.15, 0.2) is 0 Å². The third-order valence-electron chi connectivity index (χ3n) is 8.72. The lowest BCUT2D eigenvalue weighted by Gasteiger charge is -2.32. The molecular formula is C32H47N5O3. The van der Waals surface area contributed by atoms with Crippen LogP contribution in [0.2, 0.25) is 0 Å². The number of likely N-dealkylation sites (tertiary alicyclic amines) is 1. The van der Waals surface area contributed by atoms with Crippen molar-refractivity contribution in [2.75, 3.05) is 33.4 Å². The summed E-state index contributed by atoms with van der Waals surface area (Å²) in [4.78, 5) is 29.4. The number of nitrogens with one attached hydrogen (secondary N) is 2. The maximum absolute atomic E-state index is 13.8. The fraction of sp³-hybridized carbons (Fsp3) is 0.656. The summed E-state index contributed by atoms with van der Waals surface area (Å²) in [7, 11) is 1.75. The molecular weight excluding hydrogens is 502 g/mol. The van der Waals surface area contributed by atoms with Crippen molar-refractivity contribution in [3.05, 3.63) is 36.0 Å². The minimum Gasteiger partial charge on any atom is -0.383 e. The van der Waals surface area contributed by atoms with E-state index in [2.05, 4.69) is 38.3 Å². The van der Waals surface area contributed by atoms with E-state index < -0.39 is 6.04 Å². The first-order valence-corrected chi connectivity index (χ1v) is 15.2. The molecule has 1 saturated heterocycles. The second kappa shape index (κ2) is 14.7. The first-order valence-electron chi connectivity index (χ1n) is 15.2. The van der Waals surface area contributed by atoms with E-state index in [1.807, 2.05) is 32.0 Å². The molecule has 3 unspecified atom stereocenters. The molecule has 4 rings (SSSR count). The number of amides is 2. The van der Waals surface area contributed by atoms with Gasteiger partial charge in [0, 0.05) is 37.1 Å². The minimum absolute atomic E-state index is 0.116. The van der Waals surface area contributed by atoms with Gasteiger partial charge in [-0.25, -0.2) is 0 Å². The predicted octanol–water partition coefficient (Wildman–Crippen LogP) is 4.73. The van der Waals surface area contributed by atoms with Gasteiger partial charge in [-0.3, -0.25) is 9.59 Å². The van der Waals surface area contributed by atoms with E-state index in [-0.39, 0.29) is 23.8 Å². The van der Waals surface area contributed by atoms with Crippen molar-refractivity contribution in [1.29, 1.82) is 5.26 Å². The van der Waals surface area contributed by atoms with Gasteiger partial charge < -0.3 is 24.8 Å². The molecule has 2 amide bonds. The number of nitriles is 1. The second-order valence-electron chi connectivity index (χ2n) is 12.1. The highest BCUT2D eigenvalue weighted by Crippen LogP contribution is 2.28. The van der Waals surface area contributed by atoms with Gasteiger partial charge in [0.05, 0.1) is 18.6 Å². The Kier molecular flexibility index (Phi) is 11.0. The van der Waals surface area contributed by atoms with Gasteiger partial charge in [-0.1, -0.05) is 44.9 Å². The fourth-order valence-corrected chi connectivity index (χ4v) is 6.42. The normalized spacial score (nSPS) is 21.3. The maximum atomic E-state index is 13.8. The number of methoxy groups -OCH3 is 1. The van der Waals surface area contributed by atoms with Crippen LogP contribution >= 0.6 is 0 Å². The quantitative estimate of drug-likeness (QED) is 0.399. The standard InChI is InChI=1S/C32H47N5O3/c1-23(2)20-26(22-33)34-31(38)27-9-5-6-10-28(27)35-32(39)30-21-25-8-4-7-11-29(25)37(30)17-14-24-12-15-36(16-13-24)18-19-40-3/h4,7-8,11,21,23-24,26-28H,5-6,9-10,12-20H2,1-3H3,(H,34,38)(H,35,39). The van der Waals surface area contributed by atoms with Crippen molar-refractivity contribution in [3.63, 3.8) is 0 Å². The molecule has 2 N–H and O–H groups in total. The molecule has 1 aromatic carbocycles. The molecule has 2 aliphatic rings. The average molecular weight is 550 g/mol. The van der Waals surface area contributed by atoms with Crippen LogP contribution in [0.1, 0.15) is 75.7 Å². The molecule has 218 valence electrons. The molecule has 1 aliphatic carbocycles. The van der Waals surface area contributed by atoms with Crippen molar-refractivity contribution in [2.45, 2.75) is 83.8 Å². The Balaban J connectivity index is 1.43. The lowest BCUT2D eigenvalue weighted by Crippen LogP contribution is -2.50. The summed E-state index contributed by atoms with van der Waals surface area (Å²) in [6, 6.07) is 11.7. The lowest BCUT2D eigenvalue weighted by molar-refractivity contribution is -0.127. The van der Waals surface area contributed by atoms with E-state index >= 15 is 0 Å². The number of carbonyl (C=O) groups is 2. The Morgan fingerprint density at radius 3 is 2.58 bits per heavy atom. The SMILES string of the molecule is COCCN1CCC(CCn2c(C(=O)NC3CCCCC3C(=O)NC(C#N)CC(C)C)cc3ccccc32)CC1. The lowest BCUT2D eigenvalue weighted by atomic mass is 9.83. The molecule has 3 atom stereocenters. The molecule has 2 heterocycles. The van der Waals surface area contributed by atoms with Crippen LogP contribution < -0.4 is 10.6 Å². The summed E-state index contributed by atoms with van der Waals surface area (Å²) in [6.45, 7) is 8.86. The number of hydrogen-bond acceptors (Lipinski definition) is 5. The van der Waals surface area contributed by atoms with E-state index in [4.69, 9.17) is 4.74 Å². The monoisotopic (exact) mass is 549 g/mol. The van der Waals surface area contributed by atoms with Crippen LogP contribution in [-0.2, 0) is 16.1 Å². The smallest absolute Gasteiger partial charge is 0.268 e. The molecule has 8 heteroatoms. The zero-order valence-electron chi connectivity index (χ0n) is 24.5. The number of piperidine rings is 1. The number of rotatable bonds is 12. The van der Waals surface area contributed by atoms with Crippen molar-refractivity contribution < 1.29 is 14.3 Å². The summed E-state index contributed by atoms with van der Waals surface area (Å²) in [5.74, 6) is 0.406. The van der Waals surface area contributed by atoms with Gasteiger partial charge >= 0.3 is 0 Å². The number of benzene rings is 1. The van der Waals surface area contributed by atoms with E-state index in [9.17, 15) is 14.9 Å². The summed E-state index contributed by atoms with van der Waals surface area (Å²) in [5, 5.41) is 16.8. The molecule has 40 heavy (non-hydrogen) atoms. The molecule has 0 radical (unpaired) electrons. The van der Waals surface area contributed by atoms with Crippen LogP contribution in [0.25, 0.3) is 10.9 Å². The predicted molar refractivity (Wildman–Crippen MR) is 158 cm³/mol. The van der Waals surface area contributed by atoms with Crippen LogP contribution in [0.3, 0.4) is 0 Å². The number of para-hydroxylation sites is 1. The number of nitrogens with zero attached hydrogens (tertiary/aromatic N) is 3. The fourth-order valence-electron chi connectivity index (χ4n) is 6.42. The van der Waals surface area contributed by atoms with Gasteiger partial charge in [0.1, 0.15) is 11.7 Å². The van der Waals surface area contributed by atoms with E-state index in [1.54, 1.807) is 7.11 Å². The molecule has 0 bridgehead atoms. The molecule has 1 saturated carbocycles. The van der Waals surface area contributed by atoms with Gasteiger partial charge in [-0.05, 0) is 75.6 Å². The van der Waals surface area contributed by atoms with Gasteiger partial charge in [0.25, 0.3) is 5.91 Å². The Morgan fingerprint density at radius 1 is 1.10 bits per heavy atom. The minimum atomic E-state index is -0.500. The number of aryl methyl sites for hydroxylation is 1. The summed E-state index contributed by atoms with van der Waals surface area (Å²) in [5.41, 5.74) is 1.74. The third-order valence-corrected chi connectivity index (χ3v) is 8.72. The zero-order valence-corrected chi connectivity index (χ0v) is 24.5. The Morgan fingerprint density at radius 2 is 1.85 bits per heavy atom. The molecule has 2 fully saturated rings. The molecule has 1 aliphatic heterocycles. The second-order valence-corrected chi connectivity index (χ2v) is 12.1. The number of hydrogen-bond donors (Lipinski definition) is 2. The summed E-state index contributed by atoms with van der Waals surface area (Å²) in [6.07, 6.45) is 7.43. The van der Waals surface area contributed by atoms with Crippen molar-refractivity contribution in [2.24, 2.45) is 17.8 Å². The Bertz CT molecular complexity index is 1160. The molecule has 2 aromatic rings. The van der Waals surface area contributed by atoms with Crippen molar-refractivity contribution in [1.82, 2.24) is 20.1 Å². The van der Waals surface area contributed by atoms with Crippen LogP contribution in [0.5, 0.6) is 0 Å². The van der Waals surface area contributed by atoms with Gasteiger partial charge in [-0.15, -0.1) is 0 Å². The van der Waals surface area contributed by atoms with Crippen LogP contribution in [0, 0.1) is 29.1 Å². The maximum Gasteiger partial charge on any atom is 0.268 e. The number of carbonyl (C=O) groups excluding carboxylic acids is 2. The van der Waals surface area contributed by atoms with Gasteiger partial charge in [0.2, 0.25) is 5.91 Å². The van der Waals surface area contributed by atoms with Crippen molar-refractivity contribution >= 4 is 22.7 Å². The van der Waals surface area contributed by atoms with Crippen molar-refractivity contribution in [3.8, 4) is 6.07 Å². The first kappa shape index (κ1) is 30.1. The van der Waals surface area contributed by atoms with E-state index in [1.165, 1.54) is 12.8 Å². The Hall–Kier alpha value is -2.89. The van der Waals surface area contributed by atoms with E-state index in [0.717, 1.165) is 75.8 Å². The number of ether oxygens (including phenoxy) is 1. The summed E-state index contributed by atoms with van der Waals surface area (Å²) < 4.78 is 7.41. The third kappa shape index (κ3) is 7.86. The highest BCUT2D eigenvalue weighted by molar-refractivity contribution is 5.99. The number of fused-ring (bicyclic) bond motifs is 1. The Labute approximate surface area is 239 Å². The highest BCUT2D eigenvalue weighted by atomic mass is 16.5. The van der Waals surface area contributed by atoms with Gasteiger partial charge in [-0.2, -0.15) is 5.26 Å². The molecule has 1 aromatic heterocycles. The molecule has 8 nitrogen and oxygen atoms in total. The topological polar surface area (TPSA) is 99.4 Å². The molecule has 0 spiro atoms. The van der Waals surface area contributed by atoms with Crippen LogP contribution in [0.15, 0.2) is 30.3 Å². The largest absolute Gasteiger partial charge is 0.383 e. The average Bonchev–Trinajstić information content (AvgIpc) is 3.34. The van der Waals surface area contributed by atoms with E-state index in [0.29, 0.717) is 24.0 Å². The summed E-state index contributed by atoms with van der Waals surface area (Å²) >= 11 is 0. The zero-order chi connectivity index (χ0) is 28.5. The van der Waals surface area contributed by atoms with Crippen LogP contribution in [-0.4, -0.2) is 66.7 Å². The number of aromatic nitrogens is 1. The van der Waals surface area contributed by atoms with Crippen LogP contribution in [0.4, 0.5) is 0 Å².